The van der Waals surface area contributed by atoms with Crippen LogP contribution in [0.1, 0.15) is 0 Å². The number of benzene rings is 4. The molecule has 4 nitrogen and oxygen atoms in total. The van der Waals surface area contributed by atoms with E-state index in [2.05, 4.69) is 0 Å². The van der Waals surface area contributed by atoms with E-state index in [9.17, 15) is 19.2 Å². The summed E-state index contributed by atoms with van der Waals surface area (Å²) >= 11 is 3.93. The standard InChI is InChI=1S/C16H4I2O4/c17-5-1-7-11-8(2-5)15(21)16(22)10-4-6(18)3-9(12(10)11)14(20)13(7)19/h1-4H. The first kappa shape index (κ1) is 14.2. The Kier molecular flexibility index (Phi) is 2.93. The molecule has 0 spiro atoms. The van der Waals surface area contributed by atoms with Crippen LogP contribution in [0, 0.1) is 7.14 Å². The summed E-state index contributed by atoms with van der Waals surface area (Å²) in [7, 11) is 0. The van der Waals surface area contributed by atoms with E-state index in [1.165, 1.54) is 0 Å². The molecule has 4 rings (SSSR count). The second kappa shape index (κ2) is 4.54. The van der Waals surface area contributed by atoms with E-state index in [0.29, 0.717) is 18.3 Å². The van der Waals surface area contributed by atoms with Gasteiger partial charge in [0.2, 0.25) is 21.7 Å². The average Bonchev–Trinajstić information content (AvgIpc) is 2.48. The van der Waals surface area contributed by atoms with Crippen molar-refractivity contribution >= 4 is 66.7 Å². The van der Waals surface area contributed by atoms with Crippen LogP contribution >= 0.6 is 45.2 Å². The quantitative estimate of drug-likeness (QED) is 0.205. The second-order valence-electron chi connectivity index (χ2n) is 5.07. The zero-order valence-electron chi connectivity index (χ0n) is 10.7. The predicted octanol–water partition coefficient (Wildman–Crippen LogP) is 2.06. The van der Waals surface area contributed by atoms with Crippen LogP contribution in [0.15, 0.2) is 43.4 Å². The second-order valence-corrected chi connectivity index (χ2v) is 7.56. The molecule has 0 saturated carbocycles. The van der Waals surface area contributed by atoms with Gasteiger partial charge >= 0.3 is 0 Å². The third-order valence-electron chi connectivity index (χ3n) is 3.85. The van der Waals surface area contributed by atoms with Gasteiger partial charge < -0.3 is 0 Å². The summed E-state index contributed by atoms with van der Waals surface area (Å²) in [5, 5.41) is 0.843. The van der Waals surface area contributed by atoms with Crippen LogP contribution in [0.3, 0.4) is 0 Å². The van der Waals surface area contributed by atoms with E-state index < -0.39 is 21.7 Å². The summed E-state index contributed by atoms with van der Waals surface area (Å²) in [5.74, 6) is 0. The minimum Gasteiger partial charge on any atom is -0.285 e. The lowest BCUT2D eigenvalue weighted by Gasteiger charge is -2.14. The Morgan fingerprint density at radius 1 is 0.500 bits per heavy atom. The van der Waals surface area contributed by atoms with Crippen molar-refractivity contribution in [1.82, 2.24) is 0 Å². The fourth-order valence-corrected chi connectivity index (χ4v) is 4.20. The predicted molar refractivity (Wildman–Crippen MR) is 102 cm³/mol. The molecule has 0 heterocycles. The molecule has 0 atom stereocenters. The van der Waals surface area contributed by atoms with Gasteiger partial charge in [-0.1, -0.05) is 0 Å². The Balaban J connectivity index is 2.61. The molecular formula is C16H4I2O4. The van der Waals surface area contributed by atoms with Crippen molar-refractivity contribution in [3.63, 3.8) is 0 Å². The molecule has 0 saturated heterocycles. The van der Waals surface area contributed by atoms with Gasteiger partial charge in [-0.05, 0) is 69.4 Å². The molecule has 0 aliphatic heterocycles. The van der Waals surface area contributed by atoms with Gasteiger partial charge in [-0.15, -0.1) is 0 Å². The van der Waals surface area contributed by atoms with E-state index in [1.54, 1.807) is 24.3 Å². The van der Waals surface area contributed by atoms with Gasteiger partial charge in [0.1, 0.15) is 0 Å². The highest BCUT2D eigenvalue weighted by atomic mass is 127. The Labute approximate surface area is 149 Å². The van der Waals surface area contributed by atoms with E-state index in [1.807, 2.05) is 45.2 Å². The van der Waals surface area contributed by atoms with Crippen LogP contribution in [0.2, 0.25) is 0 Å². The monoisotopic (exact) mass is 514 g/mol. The first-order valence-corrected chi connectivity index (χ1v) is 8.41. The van der Waals surface area contributed by atoms with Gasteiger partial charge in [-0.25, -0.2) is 0 Å². The van der Waals surface area contributed by atoms with Crippen molar-refractivity contribution < 1.29 is 0 Å². The van der Waals surface area contributed by atoms with E-state index in [0.717, 1.165) is 0 Å². The summed E-state index contributed by atoms with van der Waals surface area (Å²) < 4.78 is 1.29. The molecule has 0 fully saturated rings. The van der Waals surface area contributed by atoms with Crippen LogP contribution < -0.4 is 21.7 Å². The number of rotatable bonds is 0. The molecule has 2 aromatic carbocycles. The first-order chi connectivity index (χ1) is 10.4. The lowest BCUT2D eigenvalue weighted by Crippen LogP contribution is -2.31. The molecule has 0 unspecified atom stereocenters. The summed E-state index contributed by atoms with van der Waals surface area (Å²) in [6, 6.07) is 6.36. The maximum atomic E-state index is 12.4. The molecule has 106 valence electrons. The van der Waals surface area contributed by atoms with Gasteiger partial charge in [0.05, 0.1) is 0 Å². The lowest BCUT2D eigenvalue weighted by molar-refractivity contribution is 1.49. The number of hydrogen-bond donors (Lipinski definition) is 0. The highest BCUT2D eigenvalue weighted by Gasteiger charge is 2.25. The van der Waals surface area contributed by atoms with Crippen molar-refractivity contribution in [2.24, 2.45) is 0 Å². The molecule has 0 N–H and O–H groups in total. The minimum absolute atomic E-state index is 0.211. The van der Waals surface area contributed by atoms with Crippen LogP contribution in [0.5, 0.6) is 0 Å². The highest BCUT2D eigenvalue weighted by Crippen LogP contribution is 2.35. The van der Waals surface area contributed by atoms with E-state index in [-0.39, 0.29) is 21.5 Å². The van der Waals surface area contributed by atoms with Crippen LogP contribution in [-0.4, -0.2) is 0 Å². The van der Waals surface area contributed by atoms with Crippen LogP contribution in [0.4, 0.5) is 0 Å². The van der Waals surface area contributed by atoms with Crippen molar-refractivity contribution in [1.29, 1.82) is 0 Å². The third-order valence-corrected chi connectivity index (χ3v) is 5.09. The topological polar surface area (TPSA) is 68.3 Å². The summed E-state index contributed by atoms with van der Waals surface area (Å²) in [6.07, 6.45) is 0. The number of hydrogen-bond acceptors (Lipinski definition) is 4. The van der Waals surface area contributed by atoms with Crippen LogP contribution in [0.25, 0.3) is 32.7 Å². The van der Waals surface area contributed by atoms with E-state index in [4.69, 9.17) is 0 Å². The van der Waals surface area contributed by atoms with Crippen LogP contribution in [-0.2, 0) is 0 Å². The molecule has 2 aliphatic rings. The minimum atomic E-state index is -0.627. The highest BCUT2D eigenvalue weighted by molar-refractivity contribution is 14.1. The Bertz CT molecular complexity index is 1070. The van der Waals surface area contributed by atoms with Gasteiger partial charge in [-0.2, -0.15) is 0 Å². The third kappa shape index (κ3) is 1.67. The number of halogens is 2. The zero-order valence-corrected chi connectivity index (χ0v) is 15.0. The lowest BCUT2D eigenvalue weighted by atomic mass is 9.87. The van der Waals surface area contributed by atoms with Crippen molar-refractivity contribution in [2.75, 3.05) is 0 Å². The van der Waals surface area contributed by atoms with Crippen molar-refractivity contribution in [2.45, 2.75) is 0 Å². The molecule has 2 aliphatic carbocycles. The Morgan fingerprint density at radius 2 is 0.727 bits per heavy atom. The molecule has 22 heavy (non-hydrogen) atoms. The average molecular weight is 514 g/mol. The largest absolute Gasteiger partial charge is 0.285 e. The molecule has 0 aromatic heterocycles. The molecule has 0 radical (unpaired) electrons. The maximum absolute atomic E-state index is 12.4. The maximum Gasteiger partial charge on any atom is 0.234 e. The van der Waals surface area contributed by atoms with Crippen molar-refractivity contribution in [3.8, 4) is 11.1 Å². The fourth-order valence-electron chi connectivity index (χ4n) is 2.96. The van der Waals surface area contributed by atoms with Crippen molar-refractivity contribution in [3.05, 3.63) is 72.3 Å². The smallest absolute Gasteiger partial charge is 0.234 e. The Morgan fingerprint density at radius 3 is 0.955 bits per heavy atom. The van der Waals surface area contributed by atoms with Gasteiger partial charge in [0.25, 0.3) is 0 Å². The first-order valence-electron chi connectivity index (χ1n) is 6.25. The summed E-state index contributed by atoms with van der Waals surface area (Å²) in [4.78, 5) is 49.5. The van der Waals surface area contributed by atoms with Gasteiger partial charge in [0.15, 0.2) is 0 Å². The SMILES string of the molecule is O=c1c(=O)c2cc(I)cc3c2-c2c1cc(I)cc2c(=O)c3=O. The summed E-state index contributed by atoms with van der Waals surface area (Å²) in [5.41, 5.74) is -1.66. The normalized spacial score (nSPS) is 11.9. The molecule has 0 amide bonds. The molecule has 6 heteroatoms. The van der Waals surface area contributed by atoms with Gasteiger partial charge in [-0.3, -0.25) is 19.2 Å². The van der Waals surface area contributed by atoms with E-state index >= 15 is 0 Å². The Hall–Kier alpha value is -1.42. The molecular weight excluding hydrogens is 510 g/mol. The zero-order chi connectivity index (χ0) is 15.8. The van der Waals surface area contributed by atoms with Gasteiger partial charge in [0, 0.05) is 39.8 Å². The molecule has 0 bridgehead atoms. The summed E-state index contributed by atoms with van der Waals surface area (Å²) in [6.45, 7) is 0. The fraction of sp³-hybridized carbons (Fsp3) is 0. The molecule has 2 aromatic rings.